The Balaban J connectivity index is 2.07. The number of pyridine rings is 1. The minimum atomic E-state index is -0.0969. The number of aromatic nitrogens is 2. The fourth-order valence-corrected chi connectivity index (χ4v) is 2.64. The van der Waals surface area contributed by atoms with Gasteiger partial charge in [0, 0.05) is 11.6 Å². The molecule has 2 aromatic heterocycles. The van der Waals surface area contributed by atoms with E-state index in [0.717, 1.165) is 29.3 Å². The van der Waals surface area contributed by atoms with Crippen molar-refractivity contribution in [2.75, 3.05) is 0 Å². The summed E-state index contributed by atoms with van der Waals surface area (Å²) in [6.45, 7) is 10.7. The molecule has 0 aliphatic rings. The topological polar surface area (TPSA) is 42.0 Å². The van der Waals surface area contributed by atoms with Crippen molar-refractivity contribution in [1.82, 2.24) is 9.38 Å². The van der Waals surface area contributed by atoms with Crippen molar-refractivity contribution >= 4 is 17.2 Å². The number of rotatable bonds is 3. The standard InChI is InChI=1S/C20H24N4/c1-6-15-7-9-16(10-8-15)22-23-19-18(20(3,4)5)21-17-13-14(2)11-12-24(17)19/h7-13H,6H2,1-5H3. The van der Waals surface area contributed by atoms with E-state index in [9.17, 15) is 0 Å². The molecule has 0 bridgehead atoms. The molecule has 0 saturated heterocycles. The normalized spacial score (nSPS) is 12.4. The maximum Gasteiger partial charge on any atom is 0.183 e. The molecule has 0 N–H and O–H groups in total. The zero-order chi connectivity index (χ0) is 17.3. The van der Waals surface area contributed by atoms with E-state index in [4.69, 9.17) is 4.98 Å². The maximum atomic E-state index is 4.79. The van der Waals surface area contributed by atoms with Gasteiger partial charge in [0.05, 0.1) is 11.4 Å². The van der Waals surface area contributed by atoms with E-state index in [1.165, 1.54) is 11.1 Å². The first-order valence-corrected chi connectivity index (χ1v) is 8.38. The Kier molecular flexibility index (Phi) is 4.22. The van der Waals surface area contributed by atoms with Crippen LogP contribution in [0.4, 0.5) is 11.5 Å². The molecule has 0 aliphatic carbocycles. The first-order chi connectivity index (χ1) is 11.4. The average Bonchev–Trinajstić information content (AvgIpc) is 2.91. The van der Waals surface area contributed by atoms with Crippen LogP contribution in [-0.2, 0) is 11.8 Å². The number of fused-ring (bicyclic) bond motifs is 1. The second-order valence-electron chi connectivity index (χ2n) is 7.19. The first-order valence-electron chi connectivity index (χ1n) is 8.38. The van der Waals surface area contributed by atoms with Crippen LogP contribution >= 0.6 is 0 Å². The van der Waals surface area contributed by atoms with Gasteiger partial charge in [0.1, 0.15) is 5.65 Å². The summed E-state index contributed by atoms with van der Waals surface area (Å²) in [5.41, 5.74) is 5.12. The summed E-state index contributed by atoms with van der Waals surface area (Å²) in [6, 6.07) is 12.3. The fourth-order valence-electron chi connectivity index (χ4n) is 2.64. The van der Waals surface area contributed by atoms with Crippen LogP contribution in [0, 0.1) is 6.92 Å². The minimum absolute atomic E-state index is 0.0969. The summed E-state index contributed by atoms with van der Waals surface area (Å²) in [4.78, 5) is 4.79. The van der Waals surface area contributed by atoms with E-state index >= 15 is 0 Å². The monoisotopic (exact) mass is 320 g/mol. The summed E-state index contributed by atoms with van der Waals surface area (Å²) in [5.74, 6) is 0.803. The van der Waals surface area contributed by atoms with Gasteiger partial charge >= 0.3 is 0 Å². The van der Waals surface area contributed by atoms with Gasteiger partial charge in [-0.2, -0.15) is 0 Å². The SMILES string of the molecule is CCc1ccc(N=Nc2c(C(C)(C)C)nc3cc(C)ccn23)cc1. The van der Waals surface area contributed by atoms with E-state index in [1.807, 2.05) is 22.7 Å². The van der Waals surface area contributed by atoms with Gasteiger partial charge in [0.15, 0.2) is 5.82 Å². The molecule has 0 amide bonds. The second kappa shape index (κ2) is 6.19. The molecule has 3 aromatic rings. The molecule has 124 valence electrons. The summed E-state index contributed by atoms with van der Waals surface area (Å²) in [5, 5.41) is 8.98. The molecule has 24 heavy (non-hydrogen) atoms. The number of benzene rings is 1. The molecule has 3 rings (SSSR count). The Bertz CT molecular complexity index is 880. The highest BCUT2D eigenvalue weighted by molar-refractivity contribution is 5.55. The van der Waals surface area contributed by atoms with Gasteiger partial charge in [-0.15, -0.1) is 10.2 Å². The Morgan fingerprint density at radius 3 is 2.38 bits per heavy atom. The molecule has 0 saturated carbocycles. The fraction of sp³-hybridized carbons (Fsp3) is 0.350. The zero-order valence-electron chi connectivity index (χ0n) is 15.0. The molecule has 0 radical (unpaired) electrons. The molecule has 0 atom stereocenters. The van der Waals surface area contributed by atoms with Gasteiger partial charge in [0.2, 0.25) is 0 Å². The maximum absolute atomic E-state index is 4.79. The highest BCUT2D eigenvalue weighted by Gasteiger charge is 2.24. The smallest absolute Gasteiger partial charge is 0.183 e. The third kappa shape index (κ3) is 3.23. The van der Waals surface area contributed by atoms with E-state index in [-0.39, 0.29) is 5.41 Å². The van der Waals surface area contributed by atoms with Crippen LogP contribution in [-0.4, -0.2) is 9.38 Å². The Morgan fingerprint density at radius 2 is 1.75 bits per heavy atom. The average molecular weight is 320 g/mol. The Labute approximate surface area is 143 Å². The van der Waals surface area contributed by atoms with Gasteiger partial charge in [-0.25, -0.2) is 4.98 Å². The molecule has 4 nitrogen and oxygen atoms in total. The molecular formula is C20H24N4. The van der Waals surface area contributed by atoms with Crippen LogP contribution in [0.15, 0.2) is 52.8 Å². The lowest BCUT2D eigenvalue weighted by molar-refractivity contribution is 0.574. The number of imidazole rings is 1. The lowest BCUT2D eigenvalue weighted by Crippen LogP contribution is -2.11. The molecule has 0 fully saturated rings. The predicted molar refractivity (Wildman–Crippen MR) is 98.6 cm³/mol. The number of aryl methyl sites for hydroxylation is 2. The molecule has 0 unspecified atom stereocenters. The third-order valence-corrected chi connectivity index (χ3v) is 4.07. The van der Waals surface area contributed by atoms with E-state index in [2.05, 4.69) is 69.1 Å². The van der Waals surface area contributed by atoms with Crippen LogP contribution in [0.2, 0.25) is 0 Å². The van der Waals surface area contributed by atoms with Gasteiger partial charge in [0.25, 0.3) is 0 Å². The number of hydrogen-bond acceptors (Lipinski definition) is 3. The van der Waals surface area contributed by atoms with Crippen molar-refractivity contribution < 1.29 is 0 Å². The quantitative estimate of drug-likeness (QED) is 0.552. The third-order valence-electron chi connectivity index (χ3n) is 4.07. The largest absolute Gasteiger partial charge is 0.283 e. The number of nitrogens with zero attached hydrogens (tertiary/aromatic N) is 4. The molecule has 2 heterocycles. The van der Waals surface area contributed by atoms with Gasteiger partial charge in [-0.05, 0) is 48.7 Å². The van der Waals surface area contributed by atoms with Crippen molar-refractivity contribution in [1.29, 1.82) is 0 Å². The van der Waals surface area contributed by atoms with Crippen molar-refractivity contribution in [2.45, 2.75) is 46.5 Å². The number of hydrogen-bond donors (Lipinski definition) is 0. The van der Waals surface area contributed by atoms with E-state index < -0.39 is 0 Å². The van der Waals surface area contributed by atoms with Crippen molar-refractivity contribution in [3.05, 3.63) is 59.4 Å². The van der Waals surface area contributed by atoms with Crippen LogP contribution in [0.3, 0.4) is 0 Å². The summed E-state index contributed by atoms with van der Waals surface area (Å²) < 4.78 is 2.01. The zero-order valence-corrected chi connectivity index (χ0v) is 15.0. The van der Waals surface area contributed by atoms with E-state index in [0.29, 0.717) is 0 Å². The Morgan fingerprint density at radius 1 is 1.04 bits per heavy atom. The molecular weight excluding hydrogens is 296 g/mol. The van der Waals surface area contributed by atoms with Gasteiger partial charge in [-0.1, -0.05) is 39.8 Å². The first kappa shape index (κ1) is 16.4. The van der Waals surface area contributed by atoms with Crippen LogP contribution in [0.5, 0.6) is 0 Å². The highest BCUT2D eigenvalue weighted by atomic mass is 15.2. The lowest BCUT2D eigenvalue weighted by atomic mass is 9.92. The summed E-state index contributed by atoms with van der Waals surface area (Å²) in [7, 11) is 0. The van der Waals surface area contributed by atoms with Crippen LogP contribution in [0.1, 0.15) is 44.5 Å². The van der Waals surface area contributed by atoms with Crippen molar-refractivity contribution in [3.8, 4) is 0 Å². The highest BCUT2D eigenvalue weighted by Crippen LogP contribution is 2.33. The molecule has 0 aliphatic heterocycles. The minimum Gasteiger partial charge on any atom is -0.283 e. The lowest BCUT2D eigenvalue weighted by Gasteiger charge is -2.15. The second-order valence-corrected chi connectivity index (χ2v) is 7.19. The summed E-state index contributed by atoms with van der Waals surface area (Å²) >= 11 is 0. The number of azo groups is 1. The summed E-state index contributed by atoms with van der Waals surface area (Å²) in [6.07, 6.45) is 3.04. The van der Waals surface area contributed by atoms with Gasteiger partial charge in [-0.3, -0.25) is 4.40 Å². The van der Waals surface area contributed by atoms with Crippen molar-refractivity contribution in [3.63, 3.8) is 0 Å². The van der Waals surface area contributed by atoms with Crippen molar-refractivity contribution in [2.24, 2.45) is 10.2 Å². The Hall–Kier alpha value is -2.49. The molecule has 1 aromatic carbocycles. The molecule has 0 spiro atoms. The van der Waals surface area contributed by atoms with Crippen LogP contribution in [0.25, 0.3) is 5.65 Å². The van der Waals surface area contributed by atoms with Crippen LogP contribution < -0.4 is 0 Å². The molecule has 4 heteroatoms. The van der Waals surface area contributed by atoms with Gasteiger partial charge < -0.3 is 0 Å². The predicted octanol–water partition coefficient (Wildman–Crippen LogP) is 5.92. The van der Waals surface area contributed by atoms with E-state index in [1.54, 1.807) is 0 Å².